The molecule has 152 valence electrons. The van der Waals surface area contributed by atoms with Crippen molar-refractivity contribution in [3.8, 4) is 0 Å². The van der Waals surface area contributed by atoms with Crippen molar-refractivity contribution in [2.24, 2.45) is 11.8 Å². The molecule has 0 aromatic carbocycles. The number of nitrogens with zero attached hydrogens (tertiary/aromatic N) is 3. The number of carbonyl (C=O) groups is 1. The monoisotopic (exact) mass is 366 g/mol. The molecule has 0 aliphatic carbocycles. The van der Waals surface area contributed by atoms with Crippen LogP contribution < -0.4 is 5.32 Å². The summed E-state index contributed by atoms with van der Waals surface area (Å²) in [6, 6.07) is 0.602. The van der Waals surface area contributed by atoms with E-state index in [9.17, 15) is 4.79 Å². The lowest BCUT2D eigenvalue weighted by atomic mass is 9.95. The van der Waals surface area contributed by atoms with E-state index >= 15 is 0 Å². The van der Waals surface area contributed by atoms with E-state index in [1.807, 2.05) is 13.8 Å². The van der Waals surface area contributed by atoms with Crippen LogP contribution in [0.15, 0.2) is 0 Å². The molecular weight excluding hydrogens is 324 g/mol. The van der Waals surface area contributed by atoms with Crippen molar-refractivity contribution in [3.63, 3.8) is 0 Å². The smallest absolute Gasteiger partial charge is 0.149 e. The molecule has 0 saturated carbocycles. The van der Waals surface area contributed by atoms with Crippen LogP contribution >= 0.6 is 0 Å². The molecule has 0 radical (unpaired) electrons. The highest BCUT2D eigenvalue weighted by Gasteiger charge is 2.24. The zero-order valence-electron chi connectivity index (χ0n) is 17.7. The minimum atomic E-state index is 0.166. The highest BCUT2D eigenvalue weighted by atomic mass is 16.1. The number of likely N-dealkylation sites (tertiary alicyclic amines) is 1. The number of rotatable bonds is 10. The summed E-state index contributed by atoms with van der Waals surface area (Å²) < 4.78 is 0. The Morgan fingerprint density at radius 1 is 0.923 bits per heavy atom. The molecule has 1 N–H and O–H groups in total. The van der Waals surface area contributed by atoms with Gasteiger partial charge in [0, 0.05) is 44.7 Å². The summed E-state index contributed by atoms with van der Waals surface area (Å²) >= 11 is 0. The molecule has 0 bridgehead atoms. The third-order valence-electron chi connectivity index (χ3n) is 5.92. The standard InChI is InChI=1S/C21H42N4O/c1-18(2)21(26)17-25-14-12-24(13-15-25)16-20-6-10-23(11-7-20)9-5-8-22-19(3)4/h18-20,22H,5-17H2,1-4H3. The maximum atomic E-state index is 11.9. The molecular formula is C21H42N4O. The van der Waals surface area contributed by atoms with E-state index in [-0.39, 0.29) is 5.92 Å². The first-order valence-corrected chi connectivity index (χ1v) is 10.9. The van der Waals surface area contributed by atoms with Crippen molar-refractivity contribution in [3.05, 3.63) is 0 Å². The van der Waals surface area contributed by atoms with Gasteiger partial charge in [0.1, 0.15) is 5.78 Å². The van der Waals surface area contributed by atoms with E-state index in [0.29, 0.717) is 18.4 Å². The molecule has 0 unspecified atom stereocenters. The predicted octanol–water partition coefficient (Wildman–Crippen LogP) is 1.93. The van der Waals surface area contributed by atoms with Crippen LogP contribution in [0.5, 0.6) is 0 Å². The first kappa shape index (κ1) is 21.8. The van der Waals surface area contributed by atoms with E-state index in [1.165, 1.54) is 45.4 Å². The Morgan fingerprint density at radius 2 is 1.54 bits per heavy atom. The zero-order valence-corrected chi connectivity index (χ0v) is 17.7. The van der Waals surface area contributed by atoms with Gasteiger partial charge in [0.25, 0.3) is 0 Å². The van der Waals surface area contributed by atoms with Crippen LogP contribution in [0.2, 0.25) is 0 Å². The number of Topliss-reactive ketones (excluding diaryl/α,β-unsaturated/α-hetero) is 1. The van der Waals surface area contributed by atoms with E-state index in [4.69, 9.17) is 0 Å². The van der Waals surface area contributed by atoms with Gasteiger partial charge >= 0.3 is 0 Å². The summed E-state index contributed by atoms with van der Waals surface area (Å²) in [6.45, 7) is 19.7. The largest absolute Gasteiger partial charge is 0.314 e. The predicted molar refractivity (Wildman–Crippen MR) is 110 cm³/mol. The quantitative estimate of drug-likeness (QED) is 0.598. The Kier molecular flexibility index (Phi) is 9.54. The van der Waals surface area contributed by atoms with E-state index in [1.54, 1.807) is 0 Å². The summed E-state index contributed by atoms with van der Waals surface area (Å²) in [7, 11) is 0. The number of hydrogen-bond acceptors (Lipinski definition) is 5. The molecule has 26 heavy (non-hydrogen) atoms. The van der Waals surface area contributed by atoms with E-state index in [0.717, 1.165) is 38.6 Å². The second-order valence-corrected chi connectivity index (χ2v) is 8.95. The third-order valence-corrected chi connectivity index (χ3v) is 5.92. The van der Waals surface area contributed by atoms with Crippen LogP contribution in [0.1, 0.15) is 47.0 Å². The number of piperidine rings is 1. The highest BCUT2D eigenvalue weighted by Crippen LogP contribution is 2.19. The third kappa shape index (κ3) is 8.03. The minimum Gasteiger partial charge on any atom is -0.314 e. The molecule has 2 fully saturated rings. The van der Waals surface area contributed by atoms with Gasteiger partial charge in [-0.25, -0.2) is 0 Å². The van der Waals surface area contributed by atoms with E-state index in [2.05, 4.69) is 33.9 Å². The normalized spacial score (nSPS) is 21.8. The SMILES string of the molecule is CC(C)NCCCN1CCC(CN2CCN(CC(=O)C(C)C)CC2)CC1. The van der Waals surface area contributed by atoms with Crippen LogP contribution in [0.25, 0.3) is 0 Å². The highest BCUT2D eigenvalue weighted by molar-refractivity contribution is 5.82. The van der Waals surface area contributed by atoms with Crippen molar-refractivity contribution in [2.45, 2.75) is 53.0 Å². The van der Waals surface area contributed by atoms with Crippen molar-refractivity contribution in [1.29, 1.82) is 0 Å². The van der Waals surface area contributed by atoms with Gasteiger partial charge in [0.15, 0.2) is 0 Å². The molecule has 0 atom stereocenters. The lowest BCUT2D eigenvalue weighted by Crippen LogP contribution is -2.50. The van der Waals surface area contributed by atoms with Crippen LogP contribution in [0, 0.1) is 11.8 Å². The van der Waals surface area contributed by atoms with Crippen molar-refractivity contribution in [1.82, 2.24) is 20.0 Å². The fourth-order valence-corrected chi connectivity index (χ4v) is 3.98. The molecule has 2 aliphatic rings. The number of carbonyl (C=O) groups excluding carboxylic acids is 1. The summed E-state index contributed by atoms with van der Waals surface area (Å²) in [5.74, 6) is 1.41. The summed E-state index contributed by atoms with van der Waals surface area (Å²) in [5, 5.41) is 3.51. The average Bonchev–Trinajstić information content (AvgIpc) is 2.61. The molecule has 0 aromatic heterocycles. The molecule has 2 aliphatic heterocycles. The van der Waals surface area contributed by atoms with Crippen LogP contribution in [-0.2, 0) is 4.79 Å². The first-order valence-electron chi connectivity index (χ1n) is 10.9. The van der Waals surface area contributed by atoms with Gasteiger partial charge in [0.2, 0.25) is 0 Å². The fourth-order valence-electron chi connectivity index (χ4n) is 3.98. The summed E-state index contributed by atoms with van der Waals surface area (Å²) in [4.78, 5) is 19.5. The maximum Gasteiger partial charge on any atom is 0.149 e. The second-order valence-electron chi connectivity index (χ2n) is 8.95. The second kappa shape index (κ2) is 11.4. The molecule has 0 aromatic rings. The average molecular weight is 367 g/mol. The van der Waals surface area contributed by atoms with Gasteiger partial charge < -0.3 is 15.1 Å². The molecule has 0 spiro atoms. The molecule has 2 heterocycles. The zero-order chi connectivity index (χ0) is 18.9. The number of piperazine rings is 1. The van der Waals surface area contributed by atoms with Gasteiger partial charge in [-0.2, -0.15) is 0 Å². The maximum absolute atomic E-state index is 11.9. The number of ketones is 1. The molecule has 0 amide bonds. The van der Waals surface area contributed by atoms with Gasteiger partial charge in [0.05, 0.1) is 6.54 Å². The molecule has 5 heteroatoms. The van der Waals surface area contributed by atoms with Crippen molar-refractivity contribution >= 4 is 5.78 Å². The van der Waals surface area contributed by atoms with Crippen LogP contribution in [0.4, 0.5) is 0 Å². The van der Waals surface area contributed by atoms with E-state index < -0.39 is 0 Å². The van der Waals surface area contributed by atoms with Gasteiger partial charge in [-0.15, -0.1) is 0 Å². The van der Waals surface area contributed by atoms with Gasteiger partial charge in [-0.3, -0.25) is 9.69 Å². The van der Waals surface area contributed by atoms with Crippen LogP contribution in [0.3, 0.4) is 0 Å². The van der Waals surface area contributed by atoms with Gasteiger partial charge in [-0.05, 0) is 51.4 Å². The Morgan fingerprint density at radius 3 is 2.12 bits per heavy atom. The fraction of sp³-hybridized carbons (Fsp3) is 0.952. The van der Waals surface area contributed by atoms with Crippen LogP contribution in [-0.4, -0.2) is 92.0 Å². The minimum absolute atomic E-state index is 0.166. The Bertz CT molecular complexity index is 397. The summed E-state index contributed by atoms with van der Waals surface area (Å²) in [5.41, 5.74) is 0. The summed E-state index contributed by atoms with van der Waals surface area (Å²) in [6.07, 6.45) is 3.97. The van der Waals surface area contributed by atoms with Gasteiger partial charge in [-0.1, -0.05) is 27.7 Å². The first-order chi connectivity index (χ1) is 12.4. The topological polar surface area (TPSA) is 38.8 Å². The lowest BCUT2D eigenvalue weighted by molar-refractivity contribution is -0.123. The number of hydrogen-bond donors (Lipinski definition) is 1. The molecule has 2 rings (SSSR count). The van der Waals surface area contributed by atoms with Crippen molar-refractivity contribution in [2.75, 3.05) is 65.4 Å². The Hall–Kier alpha value is -0.490. The molecule has 2 saturated heterocycles. The lowest BCUT2D eigenvalue weighted by Gasteiger charge is -2.38. The Labute approximate surface area is 161 Å². The van der Waals surface area contributed by atoms with Crippen molar-refractivity contribution < 1.29 is 4.79 Å². The Balaban J connectivity index is 1.55. The molecule has 5 nitrogen and oxygen atoms in total. The number of nitrogens with one attached hydrogen (secondary N) is 1.